The molecule has 9 aromatic carbocycles. The Kier molecular flexibility index (Phi) is 9.32. The minimum absolute atomic E-state index is 0.584. The van der Waals surface area contributed by atoms with Crippen LogP contribution >= 0.6 is 0 Å². The highest BCUT2D eigenvalue weighted by Gasteiger charge is 2.22. The Morgan fingerprint density at radius 3 is 1.35 bits per heavy atom. The molecule has 0 aliphatic rings. The van der Waals surface area contributed by atoms with Crippen molar-refractivity contribution in [2.45, 2.75) is 27.7 Å². The molecule has 3 heterocycles. The Hall–Kier alpha value is -8.41. The Labute approximate surface area is 383 Å². The van der Waals surface area contributed by atoms with Crippen LogP contribution in [0.25, 0.3) is 117 Å². The average Bonchev–Trinajstić information content (AvgIpc) is 3.88. The predicted molar refractivity (Wildman–Crippen MR) is 273 cm³/mol. The average molecular weight is 849 g/mol. The van der Waals surface area contributed by atoms with E-state index in [1.165, 1.54) is 44.2 Å². The molecule has 0 bridgehead atoms. The van der Waals surface area contributed by atoms with Crippen molar-refractivity contribution >= 4 is 43.7 Å². The summed E-state index contributed by atoms with van der Waals surface area (Å²) in [5.41, 5.74) is 19.4. The van der Waals surface area contributed by atoms with Gasteiger partial charge in [-0.05, 0) is 104 Å². The van der Waals surface area contributed by atoms with E-state index in [4.69, 9.17) is 19.4 Å². The van der Waals surface area contributed by atoms with Gasteiger partial charge in [-0.1, -0.05) is 174 Å². The lowest BCUT2D eigenvalue weighted by molar-refractivity contribution is 0.669. The number of para-hydroxylation sites is 1. The SMILES string of the molecule is Cc1cc(C)cc(-c2ccc3c4ccc(-c5cc(C)cc(C)c5)cc4n(-c4ccc(-c5ccc6oc7ccccc7c6c5)cc4-c4nc(-c5ccccc5)nc(-c5ccccc5)n4)c3c2)c1. The van der Waals surface area contributed by atoms with E-state index in [0.717, 1.165) is 77.6 Å². The van der Waals surface area contributed by atoms with Gasteiger partial charge in [0.05, 0.1) is 16.7 Å². The number of rotatable bonds is 7. The molecular formula is C61H44N4O. The van der Waals surface area contributed by atoms with Crippen molar-refractivity contribution in [3.05, 3.63) is 216 Å². The van der Waals surface area contributed by atoms with Crippen molar-refractivity contribution in [1.29, 1.82) is 0 Å². The van der Waals surface area contributed by atoms with Crippen molar-refractivity contribution in [2.75, 3.05) is 0 Å². The second-order valence-corrected chi connectivity index (χ2v) is 17.6. The number of nitrogens with zero attached hydrogens (tertiary/aromatic N) is 4. The van der Waals surface area contributed by atoms with Gasteiger partial charge in [0.25, 0.3) is 0 Å². The summed E-state index contributed by atoms with van der Waals surface area (Å²) >= 11 is 0. The topological polar surface area (TPSA) is 56.7 Å². The number of aryl methyl sites for hydroxylation is 4. The van der Waals surface area contributed by atoms with Crippen LogP contribution in [0.5, 0.6) is 0 Å². The molecule has 0 amide bonds. The Morgan fingerprint density at radius 2 is 0.773 bits per heavy atom. The first kappa shape index (κ1) is 39.2. The van der Waals surface area contributed by atoms with Gasteiger partial charge in [0.1, 0.15) is 11.2 Å². The van der Waals surface area contributed by atoms with Crippen molar-refractivity contribution in [3.63, 3.8) is 0 Å². The van der Waals surface area contributed by atoms with E-state index in [1.54, 1.807) is 0 Å². The van der Waals surface area contributed by atoms with Gasteiger partial charge in [-0.25, -0.2) is 15.0 Å². The maximum Gasteiger partial charge on any atom is 0.166 e. The number of hydrogen-bond donors (Lipinski definition) is 0. The van der Waals surface area contributed by atoms with Gasteiger partial charge < -0.3 is 8.98 Å². The third kappa shape index (κ3) is 6.93. The minimum atomic E-state index is 0.584. The molecule has 0 radical (unpaired) electrons. The highest BCUT2D eigenvalue weighted by molar-refractivity contribution is 6.12. The molecule has 0 unspecified atom stereocenters. The first-order valence-corrected chi connectivity index (χ1v) is 22.5. The lowest BCUT2D eigenvalue weighted by atomic mass is 9.98. The molecule has 3 aromatic heterocycles. The predicted octanol–water partition coefficient (Wildman–Crippen LogP) is 16.1. The minimum Gasteiger partial charge on any atom is -0.456 e. The molecule has 66 heavy (non-hydrogen) atoms. The van der Waals surface area contributed by atoms with Crippen LogP contribution in [0.4, 0.5) is 0 Å². The van der Waals surface area contributed by atoms with Gasteiger partial charge in [0, 0.05) is 38.2 Å². The molecule has 0 saturated heterocycles. The van der Waals surface area contributed by atoms with Crippen LogP contribution < -0.4 is 0 Å². The molecule has 5 heteroatoms. The summed E-state index contributed by atoms with van der Waals surface area (Å²) in [6.07, 6.45) is 0. The molecule has 0 atom stereocenters. The summed E-state index contributed by atoms with van der Waals surface area (Å²) in [5.74, 6) is 1.80. The van der Waals surface area contributed by atoms with Crippen LogP contribution in [0.3, 0.4) is 0 Å². The molecule has 0 aliphatic carbocycles. The van der Waals surface area contributed by atoms with Crippen LogP contribution in [-0.4, -0.2) is 19.5 Å². The second-order valence-electron chi connectivity index (χ2n) is 17.6. The molecular weight excluding hydrogens is 805 g/mol. The molecule has 12 rings (SSSR count). The quantitative estimate of drug-likeness (QED) is 0.160. The third-order valence-corrected chi connectivity index (χ3v) is 12.8. The first-order valence-electron chi connectivity index (χ1n) is 22.5. The van der Waals surface area contributed by atoms with E-state index in [1.807, 2.05) is 48.5 Å². The zero-order valence-electron chi connectivity index (χ0n) is 37.2. The van der Waals surface area contributed by atoms with E-state index < -0.39 is 0 Å². The van der Waals surface area contributed by atoms with Gasteiger partial charge >= 0.3 is 0 Å². The van der Waals surface area contributed by atoms with E-state index in [-0.39, 0.29) is 0 Å². The van der Waals surface area contributed by atoms with Crippen molar-refractivity contribution < 1.29 is 4.42 Å². The molecule has 314 valence electrons. The number of fused-ring (bicyclic) bond motifs is 6. The van der Waals surface area contributed by atoms with Crippen LogP contribution in [0.15, 0.2) is 199 Å². The number of aromatic nitrogens is 4. The summed E-state index contributed by atoms with van der Waals surface area (Å²) in [6.45, 7) is 8.68. The highest BCUT2D eigenvalue weighted by atomic mass is 16.3. The largest absolute Gasteiger partial charge is 0.456 e. The van der Waals surface area contributed by atoms with E-state index in [0.29, 0.717) is 17.5 Å². The second kappa shape index (κ2) is 15.7. The zero-order valence-corrected chi connectivity index (χ0v) is 37.2. The fourth-order valence-electron chi connectivity index (χ4n) is 9.84. The monoisotopic (exact) mass is 848 g/mol. The van der Waals surface area contributed by atoms with Crippen LogP contribution in [0.1, 0.15) is 22.3 Å². The number of hydrogen-bond acceptors (Lipinski definition) is 4. The third-order valence-electron chi connectivity index (χ3n) is 12.8. The lowest BCUT2D eigenvalue weighted by Gasteiger charge is -2.17. The molecule has 0 saturated carbocycles. The van der Waals surface area contributed by atoms with E-state index in [2.05, 4.69) is 178 Å². The fourth-order valence-corrected chi connectivity index (χ4v) is 9.84. The summed E-state index contributed by atoms with van der Waals surface area (Å²) in [7, 11) is 0. The maximum atomic E-state index is 6.28. The van der Waals surface area contributed by atoms with Gasteiger partial charge in [0.15, 0.2) is 17.5 Å². The van der Waals surface area contributed by atoms with Crippen LogP contribution in [-0.2, 0) is 0 Å². The van der Waals surface area contributed by atoms with Crippen molar-refractivity contribution in [1.82, 2.24) is 19.5 Å². The number of furan rings is 1. The molecule has 12 aromatic rings. The van der Waals surface area contributed by atoms with Gasteiger partial charge in [-0.15, -0.1) is 0 Å². The highest BCUT2D eigenvalue weighted by Crippen LogP contribution is 2.42. The van der Waals surface area contributed by atoms with Gasteiger partial charge in [-0.3, -0.25) is 0 Å². The molecule has 0 fully saturated rings. The fraction of sp³-hybridized carbons (Fsp3) is 0.0656. The van der Waals surface area contributed by atoms with Crippen LogP contribution in [0, 0.1) is 27.7 Å². The first-order chi connectivity index (χ1) is 32.3. The normalized spacial score (nSPS) is 11.6. The van der Waals surface area contributed by atoms with E-state index >= 15 is 0 Å². The summed E-state index contributed by atoms with van der Waals surface area (Å²) in [5, 5.41) is 4.51. The Bertz CT molecular complexity index is 3650. The summed E-state index contributed by atoms with van der Waals surface area (Å²) < 4.78 is 8.71. The smallest absolute Gasteiger partial charge is 0.166 e. The maximum absolute atomic E-state index is 6.28. The van der Waals surface area contributed by atoms with Gasteiger partial charge in [0.2, 0.25) is 0 Å². The molecule has 0 aliphatic heterocycles. The summed E-state index contributed by atoms with van der Waals surface area (Å²) in [4.78, 5) is 15.8. The Morgan fingerprint density at radius 1 is 0.318 bits per heavy atom. The van der Waals surface area contributed by atoms with Crippen molar-refractivity contribution in [3.8, 4) is 73.2 Å². The van der Waals surface area contributed by atoms with Crippen molar-refractivity contribution in [2.24, 2.45) is 0 Å². The zero-order chi connectivity index (χ0) is 44.5. The Balaban J connectivity index is 1.18. The lowest BCUT2D eigenvalue weighted by Crippen LogP contribution is -2.04. The standard InChI is InChI=1S/C61H44N4O/c1-37-27-38(2)30-47(29-37)45-19-23-49-50-24-20-46(48-31-39(3)28-40(4)32-48)36-56(50)65(55(49)35-45)54-25-21-43(44-22-26-58-52(33-44)51-17-11-12-18-57(51)66-58)34-53(54)61-63-59(41-13-7-5-8-14-41)62-60(64-61)42-15-9-6-10-16-42/h5-36H,1-4H3. The molecule has 0 N–H and O–H groups in total. The molecule has 0 spiro atoms. The van der Waals surface area contributed by atoms with Gasteiger partial charge in [-0.2, -0.15) is 0 Å². The summed E-state index contributed by atoms with van der Waals surface area (Å²) in [6, 6.07) is 69.3. The molecule has 5 nitrogen and oxygen atoms in total. The number of benzene rings is 9. The van der Waals surface area contributed by atoms with E-state index in [9.17, 15) is 0 Å². The van der Waals surface area contributed by atoms with Crippen LogP contribution in [0.2, 0.25) is 0 Å².